The van der Waals surface area contributed by atoms with Crippen LogP contribution in [0.2, 0.25) is 0 Å². The van der Waals surface area contributed by atoms with E-state index < -0.39 is 5.41 Å². The topological polar surface area (TPSA) is 27.0 Å². The number of rotatable bonds is 6. The van der Waals surface area contributed by atoms with Gasteiger partial charge in [-0.15, -0.1) is 0 Å². The van der Waals surface area contributed by atoms with Gasteiger partial charge in [0.2, 0.25) is 0 Å². The van der Waals surface area contributed by atoms with Crippen LogP contribution < -0.4 is 0 Å². The van der Waals surface area contributed by atoms with Crippen molar-refractivity contribution in [2.24, 2.45) is 5.92 Å². The van der Waals surface area contributed by atoms with Crippen molar-refractivity contribution in [2.75, 3.05) is 0 Å². The van der Waals surface area contributed by atoms with Gasteiger partial charge in [0, 0.05) is 18.6 Å². The van der Waals surface area contributed by atoms with E-state index >= 15 is 0 Å². The van der Waals surface area contributed by atoms with Gasteiger partial charge in [-0.1, -0.05) is 91.0 Å². The van der Waals surface area contributed by atoms with Gasteiger partial charge in [0.15, 0.2) is 0 Å². The Morgan fingerprint density at radius 1 is 0.742 bits per heavy atom. The Hall–Kier alpha value is -2.89. The Bertz CT molecular complexity index is 969. The molecule has 0 radical (unpaired) electrons. The van der Waals surface area contributed by atoms with Crippen LogP contribution in [-0.2, 0) is 12.0 Å². The molecule has 31 heavy (non-hydrogen) atoms. The van der Waals surface area contributed by atoms with Crippen LogP contribution in [0.4, 0.5) is 0 Å². The number of benzene rings is 3. The summed E-state index contributed by atoms with van der Waals surface area (Å²) in [5.41, 5.74) is 3.09. The predicted octanol–water partition coefficient (Wildman–Crippen LogP) is 6.33. The van der Waals surface area contributed by atoms with Gasteiger partial charge in [0.1, 0.15) is 5.41 Å². The minimum atomic E-state index is -0.575. The van der Waals surface area contributed by atoms with Gasteiger partial charge in [-0.25, -0.2) is 0 Å². The number of fused-ring (bicyclic) bond motifs is 2. The normalized spacial score (nSPS) is 23.4. The number of hydrogen-bond donors (Lipinski definition) is 0. The van der Waals surface area contributed by atoms with Crippen molar-refractivity contribution >= 4 is 0 Å². The molecule has 2 heterocycles. The Balaban J connectivity index is 1.40. The molecule has 3 aromatic carbocycles. The number of nitriles is 1. The monoisotopic (exact) mass is 406 g/mol. The van der Waals surface area contributed by atoms with E-state index in [0.717, 1.165) is 24.1 Å². The third-order valence-electron chi connectivity index (χ3n) is 7.51. The standard InChI is InChI=1S/C29H30N2/c30-22-29(25-12-6-2-7-13-25,26-14-8-3-9-15-26)20-24-18-27-16-17-28(19-24)31(27)21-23-10-4-1-5-11-23/h1-15,24,27-28H,16-21H2/t24?,27-,28+. The fourth-order valence-corrected chi connectivity index (χ4v) is 6.06. The summed E-state index contributed by atoms with van der Waals surface area (Å²) in [5.74, 6) is 0.574. The second-order valence-corrected chi connectivity index (χ2v) is 9.33. The summed E-state index contributed by atoms with van der Waals surface area (Å²) in [4.78, 5) is 2.74. The summed E-state index contributed by atoms with van der Waals surface area (Å²) in [7, 11) is 0. The molecule has 0 amide bonds. The quantitative estimate of drug-likeness (QED) is 0.478. The highest BCUT2D eigenvalue weighted by molar-refractivity contribution is 5.46. The van der Waals surface area contributed by atoms with Crippen LogP contribution in [0.25, 0.3) is 0 Å². The maximum atomic E-state index is 10.5. The minimum absolute atomic E-state index is 0.574. The maximum Gasteiger partial charge on any atom is 0.107 e. The van der Waals surface area contributed by atoms with E-state index in [4.69, 9.17) is 0 Å². The lowest BCUT2D eigenvalue weighted by atomic mass is 9.68. The van der Waals surface area contributed by atoms with Gasteiger partial charge in [0.05, 0.1) is 6.07 Å². The zero-order chi connectivity index (χ0) is 21.1. The first kappa shape index (κ1) is 20.0. The molecule has 0 spiro atoms. The lowest BCUT2D eigenvalue weighted by molar-refractivity contribution is 0.0883. The molecule has 2 aliphatic heterocycles. The molecular formula is C29H30N2. The van der Waals surface area contributed by atoms with E-state index in [9.17, 15) is 5.26 Å². The van der Waals surface area contributed by atoms with E-state index in [1.165, 1.54) is 31.2 Å². The van der Waals surface area contributed by atoms with Gasteiger partial charge < -0.3 is 0 Å². The van der Waals surface area contributed by atoms with Crippen LogP contribution in [0.5, 0.6) is 0 Å². The molecule has 2 saturated heterocycles. The van der Waals surface area contributed by atoms with Crippen LogP contribution in [0.15, 0.2) is 91.0 Å². The van der Waals surface area contributed by atoms with E-state index in [2.05, 4.69) is 89.8 Å². The first-order valence-electron chi connectivity index (χ1n) is 11.6. The fourth-order valence-electron chi connectivity index (χ4n) is 6.06. The summed E-state index contributed by atoms with van der Waals surface area (Å²) in [5, 5.41) is 10.5. The zero-order valence-electron chi connectivity index (χ0n) is 18.0. The molecule has 2 aliphatic rings. The molecule has 5 rings (SSSR count). The first-order valence-corrected chi connectivity index (χ1v) is 11.6. The van der Waals surface area contributed by atoms with Gasteiger partial charge in [0.25, 0.3) is 0 Å². The van der Waals surface area contributed by atoms with Crippen molar-refractivity contribution < 1.29 is 0 Å². The van der Waals surface area contributed by atoms with Crippen molar-refractivity contribution in [3.8, 4) is 6.07 Å². The highest BCUT2D eigenvalue weighted by Crippen LogP contribution is 2.46. The molecule has 3 atom stereocenters. The summed E-state index contributed by atoms with van der Waals surface area (Å²) < 4.78 is 0. The van der Waals surface area contributed by atoms with Gasteiger partial charge >= 0.3 is 0 Å². The Morgan fingerprint density at radius 3 is 1.71 bits per heavy atom. The zero-order valence-corrected chi connectivity index (χ0v) is 18.0. The lowest BCUT2D eigenvalue weighted by Gasteiger charge is -2.41. The molecule has 0 aliphatic carbocycles. The average Bonchev–Trinajstić information content (AvgIpc) is 3.06. The third-order valence-corrected chi connectivity index (χ3v) is 7.51. The molecule has 1 unspecified atom stereocenters. The Morgan fingerprint density at radius 2 is 1.23 bits per heavy atom. The summed E-state index contributed by atoms with van der Waals surface area (Å²) >= 11 is 0. The van der Waals surface area contributed by atoms with Crippen LogP contribution in [0.1, 0.15) is 48.8 Å². The molecule has 0 N–H and O–H groups in total. The number of nitrogens with zero attached hydrogens (tertiary/aromatic N) is 2. The summed E-state index contributed by atoms with van der Waals surface area (Å²) in [6.07, 6.45) is 5.90. The van der Waals surface area contributed by atoms with Crippen molar-refractivity contribution in [1.82, 2.24) is 4.90 Å². The SMILES string of the molecule is N#CC(CC1C[C@H]2CC[C@@H](C1)N2Cc1ccccc1)(c1ccccc1)c1ccccc1. The van der Waals surface area contributed by atoms with Crippen molar-refractivity contribution in [1.29, 1.82) is 5.26 Å². The Labute approximate surface area is 186 Å². The first-order chi connectivity index (χ1) is 15.3. The number of piperidine rings is 1. The maximum absolute atomic E-state index is 10.5. The largest absolute Gasteiger partial charge is 0.293 e. The molecular weight excluding hydrogens is 376 g/mol. The second-order valence-electron chi connectivity index (χ2n) is 9.33. The van der Waals surface area contributed by atoms with Crippen LogP contribution in [0, 0.1) is 17.2 Å². The molecule has 156 valence electrons. The molecule has 2 nitrogen and oxygen atoms in total. The van der Waals surface area contributed by atoms with E-state index in [1.807, 2.05) is 12.1 Å². The molecule has 3 aromatic rings. The molecule has 2 bridgehead atoms. The molecule has 2 heteroatoms. The van der Waals surface area contributed by atoms with Crippen molar-refractivity contribution in [2.45, 2.75) is 56.1 Å². The third kappa shape index (κ3) is 3.91. The second kappa shape index (κ2) is 8.69. The molecule has 0 aromatic heterocycles. The van der Waals surface area contributed by atoms with Crippen LogP contribution in [-0.4, -0.2) is 17.0 Å². The summed E-state index contributed by atoms with van der Waals surface area (Å²) in [6.45, 7) is 1.06. The van der Waals surface area contributed by atoms with E-state index in [-0.39, 0.29) is 0 Å². The Kier molecular flexibility index (Phi) is 5.62. The highest BCUT2D eigenvalue weighted by atomic mass is 15.2. The van der Waals surface area contributed by atoms with Crippen molar-refractivity contribution in [3.63, 3.8) is 0 Å². The lowest BCUT2D eigenvalue weighted by Crippen LogP contribution is -2.44. The van der Waals surface area contributed by atoms with Gasteiger partial charge in [-0.2, -0.15) is 5.26 Å². The van der Waals surface area contributed by atoms with Crippen LogP contribution in [0.3, 0.4) is 0 Å². The molecule has 2 fully saturated rings. The summed E-state index contributed by atoms with van der Waals surface area (Å²) in [6, 6.07) is 35.8. The van der Waals surface area contributed by atoms with Gasteiger partial charge in [-0.05, 0) is 54.7 Å². The average molecular weight is 407 g/mol. The predicted molar refractivity (Wildman–Crippen MR) is 125 cm³/mol. The number of hydrogen-bond acceptors (Lipinski definition) is 2. The van der Waals surface area contributed by atoms with Crippen molar-refractivity contribution in [3.05, 3.63) is 108 Å². The minimum Gasteiger partial charge on any atom is -0.293 e. The van der Waals surface area contributed by atoms with E-state index in [1.54, 1.807) is 0 Å². The smallest absolute Gasteiger partial charge is 0.107 e. The van der Waals surface area contributed by atoms with Gasteiger partial charge in [-0.3, -0.25) is 4.90 Å². The molecule has 0 saturated carbocycles. The van der Waals surface area contributed by atoms with E-state index in [0.29, 0.717) is 18.0 Å². The highest BCUT2D eigenvalue weighted by Gasteiger charge is 2.44. The fraction of sp³-hybridized carbons (Fsp3) is 0.345. The van der Waals surface area contributed by atoms with Crippen LogP contribution >= 0.6 is 0 Å².